The Bertz CT molecular complexity index is 452. The van der Waals surface area contributed by atoms with Gasteiger partial charge < -0.3 is 15.3 Å². The normalized spacial score (nSPS) is 61.2. The van der Waals surface area contributed by atoms with Crippen LogP contribution in [0.25, 0.3) is 0 Å². The summed E-state index contributed by atoms with van der Waals surface area (Å²) in [5.74, 6) is 1.99. The molecule has 4 fully saturated rings. The van der Waals surface area contributed by atoms with Gasteiger partial charge in [-0.05, 0) is 85.9 Å². The zero-order valence-electron chi connectivity index (χ0n) is 14.0. The molecule has 0 saturated heterocycles. The third-order valence-corrected chi connectivity index (χ3v) is 8.57. The molecule has 0 radical (unpaired) electrons. The van der Waals surface area contributed by atoms with Crippen LogP contribution in [0.2, 0.25) is 0 Å². The predicted molar refractivity (Wildman–Crippen MR) is 85.1 cm³/mol. The van der Waals surface area contributed by atoms with E-state index in [9.17, 15) is 15.3 Å². The van der Waals surface area contributed by atoms with Gasteiger partial charge in [0, 0.05) is 0 Å². The third-order valence-electron chi connectivity index (χ3n) is 8.57. The third kappa shape index (κ3) is 1.91. The van der Waals surface area contributed by atoms with Crippen LogP contribution in [0, 0.1) is 34.5 Å². The van der Waals surface area contributed by atoms with Crippen molar-refractivity contribution in [3.05, 3.63) is 0 Å². The van der Waals surface area contributed by atoms with Gasteiger partial charge >= 0.3 is 0 Å². The molecule has 3 heteroatoms. The Morgan fingerprint density at radius 1 is 0.818 bits per heavy atom. The molecular weight excluding hydrogens is 276 g/mol. The van der Waals surface area contributed by atoms with Crippen LogP contribution in [-0.4, -0.2) is 33.6 Å². The van der Waals surface area contributed by atoms with E-state index < -0.39 is 0 Å². The lowest BCUT2D eigenvalue weighted by molar-refractivity contribution is -0.174. The minimum Gasteiger partial charge on any atom is -0.393 e. The molecule has 0 aromatic rings. The Morgan fingerprint density at radius 3 is 2.32 bits per heavy atom. The molecule has 126 valence electrons. The van der Waals surface area contributed by atoms with Crippen molar-refractivity contribution < 1.29 is 15.3 Å². The fraction of sp³-hybridized carbons (Fsp3) is 1.00. The average Bonchev–Trinajstić information content (AvgIpc) is 2.79. The summed E-state index contributed by atoms with van der Waals surface area (Å²) in [5, 5.41) is 31.6. The van der Waals surface area contributed by atoms with Crippen molar-refractivity contribution >= 4 is 0 Å². The van der Waals surface area contributed by atoms with Gasteiger partial charge in [-0.3, -0.25) is 0 Å². The molecule has 22 heavy (non-hydrogen) atoms. The Morgan fingerprint density at radius 2 is 1.55 bits per heavy atom. The van der Waals surface area contributed by atoms with Gasteiger partial charge in [-0.15, -0.1) is 0 Å². The van der Waals surface area contributed by atoms with Crippen LogP contribution in [0.4, 0.5) is 0 Å². The number of aliphatic hydroxyl groups is 3. The molecule has 4 rings (SSSR count). The Balaban J connectivity index is 1.68. The maximum atomic E-state index is 10.9. The van der Waals surface area contributed by atoms with Gasteiger partial charge in [-0.1, -0.05) is 13.8 Å². The highest BCUT2D eigenvalue weighted by Crippen LogP contribution is 2.66. The summed E-state index contributed by atoms with van der Waals surface area (Å²) in [7, 11) is 0. The number of hydrogen-bond acceptors (Lipinski definition) is 3. The number of fused-ring (bicyclic) bond motifs is 5. The van der Waals surface area contributed by atoms with E-state index in [1.54, 1.807) is 0 Å². The smallest absolute Gasteiger partial charge is 0.0600 e. The molecule has 0 spiro atoms. The van der Waals surface area contributed by atoms with Crippen molar-refractivity contribution in [1.82, 2.24) is 0 Å². The fourth-order valence-corrected chi connectivity index (χ4v) is 7.21. The van der Waals surface area contributed by atoms with E-state index in [0.717, 1.165) is 38.5 Å². The van der Waals surface area contributed by atoms with Gasteiger partial charge in [-0.25, -0.2) is 0 Å². The van der Waals surface area contributed by atoms with Gasteiger partial charge in [0.05, 0.1) is 18.3 Å². The quantitative estimate of drug-likeness (QED) is 0.645. The first-order valence-corrected chi connectivity index (χ1v) is 9.40. The van der Waals surface area contributed by atoms with E-state index in [-0.39, 0.29) is 35.1 Å². The fourth-order valence-electron chi connectivity index (χ4n) is 7.21. The molecule has 0 aliphatic heterocycles. The van der Waals surface area contributed by atoms with Crippen LogP contribution in [0.5, 0.6) is 0 Å². The summed E-state index contributed by atoms with van der Waals surface area (Å²) < 4.78 is 0. The van der Waals surface area contributed by atoms with Gasteiger partial charge in [0.25, 0.3) is 0 Å². The van der Waals surface area contributed by atoms with E-state index in [0.29, 0.717) is 17.8 Å². The zero-order chi connectivity index (χ0) is 15.7. The first-order chi connectivity index (χ1) is 10.4. The lowest BCUT2D eigenvalue weighted by atomic mass is 9.44. The molecule has 4 aliphatic rings. The molecule has 0 aromatic carbocycles. The van der Waals surface area contributed by atoms with Crippen LogP contribution in [0.3, 0.4) is 0 Å². The Hall–Kier alpha value is -0.120. The molecule has 0 heterocycles. The standard InChI is InChI=1S/C19H32O3/c1-18-7-5-12(20)9-11(18)3-4-13-14(18)10-16(22)19(2)8-6-15(21)17(13)19/h11-17,20-22H,3-10H2,1-2H3/t11-,12+,13+,14-,15-,16+,17-,18-,19+/m0/s1. The van der Waals surface area contributed by atoms with Crippen molar-refractivity contribution in [2.24, 2.45) is 34.5 Å². The van der Waals surface area contributed by atoms with E-state index in [1.165, 1.54) is 12.8 Å². The molecule has 0 aromatic heterocycles. The van der Waals surface area contributed by atoms with Crippen LogP contribution >= 0.6 is 0 Å². The SMILES string of the molecule is C[C@]12CC[C@H](O)[C@@H]1[C@@H]1CC[C@H]3C[C@H](O)CC[C@]3(C)[C@H]1C[C@H]2O. The van der Waals surface area contributed by atoms with Crippen LogP contribution in [0.15, 0.2) is 0 Å². The minimum atomic E-state index is -0.265. The predicted octanol–water partition coefficient (Wildman–Crippen LogP) is 2.72. The molecule has 0 unspecified atom stereocenters. The van der Waals surface area contributed by atoms with E-state index >= 15 is 0 Å². The van der Waals surface area contributed by atoms with E-state index in [2.05, 4.69) is 13.8 Å². The lowest BCUT2D eigenvalue weighted by Gasteiger charge is -2.61. The van der Waals surface area contributed by atoms with Crippen molar-refractivity contribution in [3.8, 4) is 0 Å². The average molecular weight is 308 g/mol. The highest BCUT2D eigenvalue weighted by molar-refractivity contribution is 5.11. The van der Waals surface area contributed by atoms with Gasteiger partial charge in [-0.2, -0.15) is 0 Å². The number of hydrogen-bond donors (Lipinski definition) is 3. The molecule has 0 bridgehead atoms. The first kappa shape index (κ1) is 15.4. The number of rotatable bonds is 0. The molecule has 0 amide bonds. The maximum absolute atomic E-state index is 10.9. The molecule has 9 atom stereocenters. The molecule has 4 saturated carbocycles. The topological polar surface area (TPSA) is 60.7 Å². The highest BCUT2D eigenvalue weighted by Gasteiger charge is 2.62. The van der Waals surface area contributed by atoms with Crippen molar-refractivity contribution in [2.45, 2.75) is 83.5 Å². The minimum absolute atomic E-state index is 0.0715. The van der Waals surface area contributed by atoms with E-state index in [1.807, 2.05) is 0 Å². The Labute approximate surface area is 134 Å². The van der Waals surface area contributed by atoms with Crippen LogP contribution in [-0.2, 0) is 0 Å². The summed E-state index contributed by atoms with van der Waals surface area (Å²) in [6.07, 6.45) is 7.47. The zero-order valence-corrected chi connectivity index (χ0v) is 14.0. The number of aliphatic hydroxyl groups excluding tert-OH is 3. The van der Waals surface area contributed by atoms with E-state index in [4.69, 9.17) is 0 Å². The van der Waals surface area contributed by atoms with Crippen LogP contribution in [0.1, 0.15) is 65.2 Å². The van der Waals surface area contributed by atoms with Gasteiger partial charge in [0.15, 0.2) is 0 Å². The van der Waals surface area contributed by atoms with Crippen molar-refractivity contribution in [1.29, 1.82) is 0 Å². The van der Waals surface area contributed by atoms with Crippen molar-refractivity contribution in [3.63, 3.8) is 0 Å². The maximum Gasteiger partial charge on any atom is 0.0600 e. The molecule has 3 nitrogen and oxygen atoms in total. The Kier molecular flexibility index (Phi) is 3.46. The first-order valence-electron chi connectivity index (χ1n) is 9.40. The second kappa shape index (κ2) is 4.94. The highest BCUT2D eigenvalue weighted by atomic mass is 16.3. The van der Waals surface area contributed by atoms with Gasteiger partial charge in [0.1, 0.15) is 0 Å². The van der Waals surface area contributed by atoms with Crippen LogP contribution < -0.4 is 0 Å². The summed E-state index contributed by atoms with van der Waals surface area (Å²) in [6.45, 7) is 4.63. The van der Waals surface area contributed by atoms with Crippen molar-refractivity contribution in [2.75, 3.05) is 0 Å². The van der Waals surface area contributed by atoms with Gasteiger partial charge in [0.2, 0.25) is 0 Å². The largest absolute Gasteiger partial charge is 0.393 e. The monoisotopic (exact) mass is 308 g/mol. The second-order valence-electron chi connectivity index (χ2n) is 9.37. The molecule has 4 aliphatic carbocycles. The summed E-state index contributed by atoms with van der Waals surface area (Å²) in [4.78, 5) is 0. The molecular formula is C19H32O3. The summed E-state index contributed by atoms with van der Waals surface area (Å²) in [6, 6.07) is 0. The second-order valence-corrected chi connectivity index (χ2v) is 9.37. The lowest BCUT2D eigenvalue weighted by Crippen LogP contribution is -2.58. The molecule has 3 N–H and O–H groups in total. The summed E-state index contributed by atoms with van der Waals surface area (Å²) in [5.41, 5.74) is 0.185. The summed E-state index contributed by atoms with van der Waals surface area (Å²) >= 11 is 0.